The number of nitrogens with zero attached hydrogens (tertiary/aromatic N) is 3. The molecule has 0 saturated carbocycles. The lowest BCUT2D eigenvalue weighted by Gasteiger charge is -2.30. The summed E-state index contributed by atoms with van der Waals surface area (Å²) in [4.78, 5) is 6.88. The van der Waals surface area contributed by atoms with Crippen LogP contribution in [-0.2, 0) is 13.2 Å². The molecule has 4 aromatic carbocycles. The zero-order valence-corrected chi connectivity index (χ0v) is 22.7. The van der Waals surface area contributed by atoms with Crippen LogP contribution in [0.1, 0.15) is 34.2 Å². The lowest BCUT2D eigenvalue weighted by Crippen LogP contribution is -2.38. The molecule has 0 unspecified atom stereocenters. The first-order valence-corrected chi connectivity index (χ1v) is 13.6. The van der Waals surface area contributed by atoms with E-state index in [2.05, 4.69) is 60.4 Å². The number of aliphatic imine (C=N–C) groups is 1. The van der Waals surface area contributed by atoms with Crippen LogP contribution in [0.15, 0.2) is 96.0 Å². The highest BCUT2D eigenvalue weighted by molar-refractivity contribution is 6.01. The fraction of sp³-hybridized carbons (Fsp3) is 0.235. The molecule has 0 fully saturated rings. The smallest absolute Gasteiger partial charge is 0.134 e. The van der Waals surface area contributed by atoms with Crippen molar-refractivity contribution in [2.75, 3.05) is 26.2 Å². The Morgan fingerprint density at radius 3 is 2.58 bits per heavy atom. The molecule has 1 aliphatic heterocycles. The summed E-state index contributed by atoms with van der Waals surface area (Å²) in [5, 5.41) is 18.9. The van der Waals surface area contributed by atoms with E-state index in [0.717, 1.165) is 42.0 Å². The first-order chi connectivity index (χ1) is 19.7. The highest BCUT2D eigenvalue weighted by Gasteiger charge is 2.21. The minimum Gasteiger partial charge on any atom is -0.489 e. The summed E-state index contributed by atoms with van der Waals surface area (Å²) in [6, 6.07) is 32.1. The number of aliphatic hydroxyl groups is 1. The molecule has 202 valence electrons. The Balaban J connectivity index is 1.41. The van der Waals surface area contributed by atoms with Crippen LogP contribution in [0.5, 0.6) is 11.5 Å². The second kappa shape index (κ2) is 13.0. The van der Waals surface area contributed by atoms with Crippen molar-refractivity contribution in [3.63, 3.8) is 0 Å². The third kappa shape index (κ3) is 6.33. The van der Waals surface area contributed by atoms with Crippen molar-refractivity contribution in [2.45, 2.75) is 26.6 Å². The van der Waals surface area contributed by atoms with E-state index in [9.17, 15) is 10.4 Å². The number of nitriles is 1. The summed E-state index contributed by atoms with van der Waals surface area (Å²) in [5.41, 5.74) is 7.05. The Morgan fingerprint density at radius 1 is 0.900 bits per heavy atom. The Kier molecular flexibility index (Phi) is 8.75. The van der Waals surface area contributed by atoms with Crippen LogP contribution >= 0.6 is 0 Å². The van der Waals surface area contributed by atoms with Gasteiger partial charge in [0.25, 0.3) is 0 Å². The van der Waals surface area contributed by atoms with Crippen LogP contribution in [0, 0.1) is 18.3 Å². The van der Waals surface area contributed by atoms with Crippen molar-refractivity contribution in [2.24, 2.45) is 4.99 Å². The zero-order valence-electron chi connectivity index (χ0n) is 22.7. The van der Waals surface area contributed by atoms with Gasteiger partial charge in [0.1, 0.15) is 30.5 Å². The topological polar surface area (TPSA) is 78.1 Å². The maximum atomic E-state index is 9.62. The molecule has 40 heavy (non-hydrogen) atoms. The number of rotatable bonds is 10. The van der Waals surface area contributed by atoms with Gasteiger partial charge in [-0.2, -0.15) is 5.26 Å². The molecular formula is C34H33N3O3. The van der Waals surface area contributed by atoms with E-state index in [1.165, 1.54) is 16.7 Å². The standard InChI is InChI=1S/C34H33N3O3/c1-25-29(12-6-13-31(25)28-10-3-2-4-11-28)24-39-30-14-15-32(34-36-16-7-17-37(34)18-19-38)33(21-30)40-23-27-9-5-8-26(20-27)22-35/h2-6,8-15,20-21,38H,7,16-19,23-24H2,1H3. The van der Waals surface area contributed by atoms with Gasteiger partial charge in [0.15, 0.2) is 0 Å². The molecule has 0 atom stereocenters. The highest BCUT2D eigenvalue weighted by Crippen LogP contribution is 2.31. The van der Waals surface area contributed by atoms with Crippen molar-refractivity contribution >= 4 is 5.84 Å². The maximum Gasteiger partial charge on any atom is 0.134 e. The van der Waals surface area contributed by atoms with Crippen LogP contribution in [0.3, 0.4) is 0 Å². The normalized spacial score (nSPS) is 12.9. The molecule has 1 heterocycles. The van der Waals surface area contributed by atoms with Gasteiger partial charge in [-0.3, -0.25) is 4.99 Å². The predicted octanol–water partition coefficient (Wildman–Crippen LogP) is 6.14. The number of ether oxygens (including phenoxy) is 2. The van der Waals surface area contributed by atoms with Gasteiger partial charge in [-0.25, -0.2) is 0 Å². The van der Waals surface area contributed by atoms with Gasteiger partial charge >= 0.3 is 0 Å². The second-order valence-electron chi connectivity index (χ2n) is 9.77. The van der Waals surface area contributed by atoms with Gasteiger partial charge in [-0.15, -0.1) is 0 Å². The number of β-amino-alcohol motifs (C(OH)–C–C–N with tert-alkyl or cyclic N) is 1. The average Bonchev–Trinajstić information content (AvgIpc) is 3.00. The zero-order chi connectivity index (χ0) is 27.7. The van der Waals surface area contributed by atoms with Gasteiger partial charge in [0.2, 0.25) is 0 Å². The van der Waals surface area contributed by atoms with Crippen LogP contribution in [0.4, 0.5) is 0 Å². The maximum absolute atomic E-state index is 9.62. The largest absolute Gasteiger partial charge is 0.489 e. The number of aliphatic hydroxyl groups excluding tert-OH is 1. The van der Waals surface area contributed by atoms with Crippen LogP contribution in [0.25, 0.3) is 11.1 Å². The van der Waals surface area contributed by atoms with Gasteiger partial charge < -0.3 is 19.5 Å². The van der Waals surface area contributed by atoms with E-state index in [0.29, 0.717) is 36.8 Å². The van der Waals surface area contributed by atoms with Crippen molar-refractivity contribution in [3.8, 4) is 28.7 Å². The number of benzene rings is 4. The molecule has 0 amide bonds. The molecule has 0 radical (unpaired) electrons. The van der Waals surface area contributed by atoms with E-state index in [4.69, 9.17) is 14.5 Å². The first-order valence-electron chi connectivity index (χ1n) is 13.6. The summed E-state index contributed by atoms with van der Waals surface area (Å²) >= 11 is 0. The first kappa shape index (κ1) is 27.0. The number of hydrogen-bond acceptors (Lipinski definition) is 6. The molecule has 6 nitrogen and oxygen atoms in total. The van der Waals surface area contributed by atoms with Crippen molar-refractivity contribution in [1.29, 1.82) is 5.26 Å². The van der Waals surface area contributed by atoms with Crippen LogP contribution in [0.2, 0.25) is 0 Å². The highest BCUT2D eigenvalue weighted by atomic mass is 16.5. The molecule has 0 saturated heterocycles. The fourth-order valence-electron chi connectivity index (χ4n) is 4.97. The van der Waals surface area contributed by atoms with Gasteiger partial charge in [0.05, 0.1) is 23.8 Å². The molecule has 5 rings (SSSR count). The summed E-state index contributed by atoms with van der Waals surface area (Å²) in [6.07, 6.45) is 0.948. The van der Waals surface area contributed by atoms with Crippen LogP contribution < -0.4 is 9.47 Å². The van der Waals surface area contributed by atoms with E-state index in [1.54, 1.807) is 6.07 Å². The Bertz CT molecular complexity index is 1530. The van der Waals surface area contributed by atoms with E-state index >= 15 is 0 Å². The van der Waals surface area contributed by atoms with E-state index < -0.39 is 0 Å². The minimum absolute atomic E-state index is 0.0543. The Labute approximate surface area is 235 Å². The molecule has 6 heteroatoms. The summed E-state index contributed by atoms with van der Waals surface area (Å²) in [6.45, 7) is 4.99. The van der Waals surface area contributed by atoms with E-state index in [-0.39, 0.29) is 6.61 Å². The molecule has 0 spiro atoms. The average molecular weight is 532 g/mol. The lowest BCUT2D eigenvalue weighted by molar-refractivity contribution is 0.244. The minimum atomic E-state index is 0.0543. The molecular weight excluding hydrogens is 498 g/mol. The van der Waals surface area contributed by atoms with Gasteiger partial charge in [0, 0.05) is 25.7 Å². The van der Waals surface area contributed by atoms with Crippen LogP contribution in [-0.4, -0.2) is 42.1 Å². The second-order valence-corrected chi connectivity index (χ2v) is 9.77. The Hall–Kier alpha value is -4.60. The monoisotopic (exact) mass is 531 g/mol. The molecule has 4 aromatic rings. The van der Waals surface area contributed by atoms with Crippen molar-refractivity contribution in [1.82, 2.24) is 4.90 Å². The predicted molar refractivity (Wildman–Crippen MR) is 158 cm³/mol. The number of amidine groups is 1. The summed E-state index contributed by atoms with van der Waals surface area (Å²) in [5.74, 6) is 2.16. The summed E-state index contributed by atoms with van der Waals surface area (Å²) < 4.78 is 12.6. The molecule has 0 aromatic heterocycles. The fourth-order valence-corrected chi connectivity index (χ4v) is 4.97. The molecule has 1 N–H and O–H groups in total. The molecule has 0 bridgehead atoms. The summed E-state index contributed by atoms with van der Waals surface area (Å²) in [7, 11) is 0. The lowest BCUT2D eigenvalue weighted by atomic mass is 9.97. The van der Waals surface area contributed by atoms with Crippen molar-refractivity contribution in [3.05, 3.63) is 119 Å². The van der Waals surface area contributed by atoms with Crippen molar-refractivity contribution < 1.29 is 14.6 Å². The third-order valence-corrected chi connectivity index (χ3v) is 7.09. The molecule has 1 aliphatic rings. The SMILES string of the molecule is Cc1c(COc2ccc(C3=NCCCN3CCO)c(OCc3cccc(C#N)c3)c2)cccc1-c1ccccc1. The molecule has 0 aliphatic carbocycles. The van der Waals surface area contributed by atoms with Gasteiger partial charge in [-0.05, 0) is 65.4 Å². The quantitative estimate of drug-likeness (QED) is 0.266. The van der Waals surface area contributed by atoms with E-state index in [1.807, 2.05) is 42.5 Å². The van der Waals surface area contributed by atoms with Gasteiger partial charge in [-0.1, -0.05) is 60.7 Å². The third-order valence-electron chi connectivity index (χ3n) is 7.09. The number of hydrogen-bond donors (Lipinski definition) is 1. The Morgan fingerprint density at radius 2 is 1.75 bits per heavy atom.